The Balaban J connectivity index is 2.35. The first kappa shape index (κ1) is 11.3. The van der Waals surface area contributed by atoms with Gasteiger partial charge in [-0.3, -0.25) is 0 Å². The molecule has 1 aliphatic carbocycles. The van der Waals surface area contributed by atoms with Gasteiger partial charge in [0.25, 0.3) is 0 Å². The second kappa shape index (κ2) is 5.16. The molecular formula is C11H24OSi. The molecule has 0 aliphatic heterocycles. The predicted molar refractivity (Wildman–Crippen MR) is 60.5 cm³/mol. The van der Waals surface area contributed by atoms with Gasteiger partial charge >= 0.3 is 0 Å². The van der Waals surface area contributed by atoms with Crippen LogP contribution in [0.25, 0.3) is 0 Å². The standard InChI is InChI=1S/C11H24OSi/c1-4-13(3,5-2)12-11-9-7-6-8-10-11/h11H,4-10H2,1-3H3. The topological polar surface area (TPSA) is 9.23 Å². The molecule has 0 aromatic heterocycles. The van der Waals surface area contributed by atoms with Crippen molar-refractivity contribution < 1.29 is 4.43 Å². The Labute approximate surface area is 84.0 Å². The van der Waals surface area contributed by atoms with Crippen molar-refractivity contribution >= 4 is 8.32 Å². The lowest BCUT2D eigenvalue weighted by molar-refractivity contribution is 0.144. The van der Waals surface area contributed by atoms with E-state index in [0.29, 0.717) is 6.10 Å². The fraction of sp³-hybridized carbons (Fsp3) is 1.00. The third-order valence-corrected chi connectivity index (χ3v) is 7.39. The summed E-state index contributed by atoms with van der Waals surface area (Å²) >= 11 is 0. The molecule has 0 unspecified atom stereocenters. The summed E-state index contributed by atoms with van der Waals surface area (Å²) in [6, 6.07) is 2.56. The zero-order valence-corrected chi connectivity index (χ0v) is 10.4. The van der Waals surface area contributed by atoms with E-state index in [-0.39, 0.29) is 0 Å². The molecule has 0 radical (unpaired) electrons. The van der Waals surface area contributed by atoms with Crippen molar-refractivity contribution in [2.45, 2.75) is 70.7 Å². The number of rotatable bonds is 4. The smallest absolute Gasteiger partial charge is 0.189 e. The second-order valence-electron chi connectivity index (χ2n) is 4.53. The van der Waals surface area contributed by atoms with Gasteiger partial charge in [-0.1, -0.05) is 33.1 Å². The van der Waals surface area contributed by atoms with Crippen LogP contribution in [0.15, 0.2) is 0 Å². The third-order valence-electron chi connectivity index (χ3n) is 3.50. The first-order chi connectivity index (χ1) is 6.20. The van der Waals surface area contributed by atoms with Gasteiger partial charge < -0.3 is 4.43 Å². The highest BCUT2D eigenvalue weighted by Gasteiger charge is 2.28. The van der Waals surface area contributed by atoms with Gasteiger partial charge in [0.1, 0.15) is 0 Å². The molecule has 0 bridgehead atoms. The molecule has 0 spiro atoms. The summed E-state index contributed by atoms with van der Waals surface area (Å²) in [4.78, 5) is 0. The maximum atomic E-state index is 6.32. The number of hydrogen-bond acceptors (Lipinski definition) is 1. The fourth-order valence-electron chi connectivity index (χ4n) is 2.00. The first-order valence-electron chi connectivity index (χ1n) is 5.88. The fourth-order valence-corrected chi connectivity index (χ4v) is 3.88. The molecule has 13 heavy (non-hydrogen) atoms. The SMILES string of the molecule is CC[Si](C)(CC)OC1CCCCC1. The molecule has 2 heteroatoms. The van der Waals surface area contributed by atoms with E-state index in [0.717, 1.165) is 0 Å². The highest BCUT2D eigenvalue weighted by atomic mass is 28.4. The van der Waals surface area contributed by atoms with E-state index >= 15 is 0 Å². The van der Waals surface area contributed by atoms with Crippen molar-refractivity contribution in [3.8, 4) is 0 Å². The van der Waals surface area contributed by atoms with Crippen LogP contribution in [0.4, 0.5) is 0 Å². The van der Waals surface area contributed by atoms with E-state index in [4.69, 9.17) is 4.43 Å². The van der Waals surface area contributed by atoms with Gasteiger partial charge in [-0.15, -0.1) is 0 Å². The molecule has 0 amide bonds. The van der Waals surface area contributed by atoms with Crippen LogP contribution in [-0.2, 0) is 4.43 Å². The summed E-state index contributed by atoms with van der Waals surface area (Å²) in [5.41, 5.74) is 0. The lowest BCUT2D eigenvalue weighted by Gasteiger charge is -2.32. The predicted octanol–water partition coefficient (Wildman–Crippen LogP) is 3.95. The average molecular weight is 200 g/mol. The Kier molecular flexibility index (Phi) is 4.46. The van der Waals surface area contributed by atoms with Crippen LogP contribution in [-0.4, -0.2) is 14.4 Å². The van der Waals surface area contributed by atoms with Crippen molar-refractivity contribution in [1.29, 1.82) is 0 Å². The number of hydrogen-bond donors (Lipinski definition) is 0. The molecule has 0 atom stereocenters. The lowest BCUT2D eigenvalue weighted by atomic mass is 9.98. The van der Waals surface area contributed by atoms with Crippen LogP contribution in [0.5, 0.6) is 0 Å². The van der Waals surface area contributed by atoms with Gasteiger partial charge in [-0.25, -0.2) is 0 Å². The molecule has 0 aromatic carbocycles. The summed E-state index contributed by atoms with van der Waals surface area (Å²) in [6.45, 7) is 6.97. The van der Waals surface area contributed by atoms with Gasteiger partial charge in [0, 0.05) is 6.10 Å². The molecule has 1 aliphatic rings. The highest BCUT2D eigenvalue weighted by Crippen LogP contribution is 2.26. The van der Waals surface area contributed by atoms with E-state index in [1.165, 1.54) is 44.2 Å². The normalized spacial score (nSPS) is 20.5. The van der Waals surface area contributed by atoms with Crippen LogP contribution >= 0.6 is 0 Å². The minimum atomic E-state index is -1.28. The monoisotopic (exact) mass is 200 g/mol. The van der Waals surface area contributed by atoms with Gasteiger partial charge in [-0.2, -0.15) is 0 Å². The van der Waals surface area contributed by atoms with Crippen LogP contribution in [0.2, 0.25) is 18.6 Å². The Hall–Kier alpha value is 0.177. The van der Waals surface area contributed by atoms with Crippen molar-refractivity contribution in [2.75, 3.05) is 0 Å². The second-order valence-corrected chi connectivity index (χ2v) is 9.08. The average Bonchev–Trinajstić information content (AvgIpc) is 2.19. The van der Waals surface area contributed by atoms with Gasteiger partial charge in [0.15, 0.2) is 8.32 Å². The summed E-state index contributed by atoms with van der Waals surface area (Å²) in [7, 11) is -1.28. The van der Waals surface area contributed by atoms with Crippen molar-refractivity contribution in [1.82, 2.24) is 0 Å². The van der Waals surface area contributed by atoms with Gasteiger partial charge in [-0.05, 0) is 31.5 Å². The molecule has 0 N–H and O–H groups in total. The third kappa shape index (κ3) is 3.43. The van der Waals surface area contributed by atoms with Crippen molar-refractivity contribution in [2.24, 2.45) is 0 Å². The molecule has 1 rings (SSSR count). The largest absolute Gasteiger partial charge is 0.414 e. The van der Waals surface area contributed by atoms with Crippen LogP contribution in [0.1, 0.15) is 46.0 Å². The van der Waals surface area contributed by atoms with Crippen molar-refractivity contribution in [3.05, 3.63) is 0 Å². The van der Waals surface area contributed by atoms with E-state index in [2.05, 4.69) is 20.4 Å². The van der Waals surface area contributed by atoms with Gasteiger partial charge in [0.2, 0.25) is 0 Å². The summed E-state index contributed by atoms with van der Waals surface area (Å²) in [5, 5.41) is 0. The van der Waals surface area contributed by atoms with E-state index in [9.17, 15) is 0 Å². The zero-order valence-electron chi connectivity index (χ0n) is 9.44. The first-order valence-corrected chi connectivity index (χ1v) is 8.70. The Bertz CT molecular complexity index is 137. The van der Waals surface area contributed by atoms with Crippen LogP contribution in [0.3, 0.4) is 0 Å². The van der Waals surface area contributed by atoms with Gasteiger partial charge in [0.05, 0.1) is 0 Å². The van der Waals surface area contributed by atoms with E-state index < -0.39 is 8.32 Å². The minimum Gasteiger partial charge on any atom is -0.414 e. The zero-order chi connectivity index (χ0) is 9.73. The molecule has 1 fully saturated rings. The Morgan fingerprint density at radius 3 is 2.08 bits per heavy atom. The highest BCUT2D eigenvalue weighted by molar-refractivity contribution is 6.72. The summed E-state index contributed by atoms with van der Waals surface area (Å²) in [5.74, 6) is 0. The molecule has 78 valence electrons. The lowest BCUT2D eigenvalue weighted by Crippen LogP contribution is -2.38. The van der Waals surface area contributed by atoms with E-state index in [1.807, 2.05) is 0 Å². The van der Waals surface area contributed by atoms with Crippen LogP contribution in [0, 0.1) is 0 Å². The maximum Gasteiger partial charge on any atom is 0.189 e. The molecule has 1 nitrogen and oxygen atoms in total. The Morgan fingerprint density at radius 1 is 1.08 bits per heavy atom. The van der Waals surface area contributed by atoms with Crippen molar-refractivity contribution in [3.63, 3.8) is 0 Å². The maximum absolute atomic E-state index is 6.32. The Morgan fingerprint density at radius 2 is 1.62 bits per heavy atom. The minimum absolute atomic E-state index is 0.616. The van der Waals surface area contributed by atoms with E-state index in [1.54, 1.807) is 0 Å². The molecule has 0 heterocycles. The molecule has 1 saturated carbocycles. The quantitative estimate of drug-likeness (QED) is 0.624. The van der Waals surface area contributed by atoms with Crippen LogP contribution < -0.4 is 0 Å². The molecular weight excluding hydrogens is 176 g/mol. The molecule has 0 aromatic rings. The summed E-state index contributed by atoms with van der Waals surface area (Å²) in [6.07, 6.45) is 7.47. The summed E-state index contributed by atoms with van der Waals surface area (Å²) < 4.78 is 6.32. The molecule has 0 saturated heterocycles.